The highest BCUT2D eigenvalue weighted by Gasteiger charge is 2.38. The van der Waals surface area contributed by atoms with Gasteiger partial charge in [-0.1, -0.05) is 34.6 Å². The number of ether oxygens (including phenoxy) is 1. The van der Waals surface area contributed by atoms with E-state index in [-0.39, 0.29) is 0 Å². The van der Waals surface area contributed by atoms with Gasteiger partial charge in [-0.05, 0) is 48.9 Å². The Hall–Kier alpha value is -0.0800. The average molecular weight is 269 g/mol. The topological polar surface area (TPSA) is 21.3 Å². The molecule has 1 aliphatic rings. The molecular weight excluding hydrogens is 234 g/mol. The first-order valence-corrected chi connectivity index (χ1v) is 8.01. The van der Waals surface area contributed by atoms with Crippen molar-refractivity contribution < 1.29 is 4.74 Å². The summed E-state index contributed by atoms with van der Waals surface area (Å²) in [5, 5.41) is 3.66. The van der Waals surface area contributed by atoms with E-state index in [0.29, 0.717) is 16.9 Å². The maximum absolute atomic E-state index is 5.34. The van der Waals surface area contributed by atoms with Crippen molar-refractivity contribution in [1.29, 1.82) is 0 Å². The lowest BCUT2D eigenvalue weighted by molar-refractivity contribution is 0.0538. The molecule has 0 amide bonds. The molecule has 114 valence electrons. The van der Waals surface area contributed by atoms with Crippen molar-refractivity contribution >= 4 is 0 Å². The van der Waals surface area contributed by atoms with Gasteiger partial charge >= 0.3 is 0 Å². The summed E-state index contributed by atoms with van der Waals surface area (Å²) in [5.41, 5.74) is 0.945. The zero-order chi connectivity index (χ0) is 14.5. The van der Waals surface area contributed by atoms with E-state index in [2.05, 4.69) is 39.9 Å². The second-order valence-electron chi connectivity index (χ2n) is 7.92. The normalized spacial score (nSPS) is 28.9. The fourth-order valence-electron chi connectivity index (χ4n) is 3.35. The smallest absolute Gasteiger partial charge is 0.0468 e. The van der Waals surface area contributed by atoms with Crippen molar-refractivity contribution in [2.45, 2.75) is 72.8 Å². The molecule has 2 heteroatoms. The molecule has 0 atom stereocenters. The Morgan fingerprint density at radius 3 is 2.21 bits per heavy atom. The van der Waals surface area contributed by atoms with E-state index in [0.717, 1.165) is 19.1 Å². The van der Waals surface area contributed by atoms with Gasteiger partial charge in [-0.25, -0.2) is 0 Å². The monoisotopic (exact) mass is 269 g/mol. The molecule has 0 aromatic rings. The zero-order valence-corrected chi connectivity index (χ0v) is 14.0. The third-order valence-electron chi connectivity index (χ3n) is 4.99. The number of hydrogen-bond donors (Lipinski definition) is 1. The van der Waals surface area contributed by atoms with Crippen molar-refractivity contribution in [2.24, 2.45) is 16.7 Å². The summed E-state index contributed by atoms with van der Waals surface area (Å²) in [6, 6.07) is 0.583. The first-order valence-electron chi connectivity index (χ1n) is 8.01. The average Bonchev–Trinajstić information content (AvgIpc) is 2.34. The van der Waals surface area contributed by atoms with Gasteiger partial charge in [0, 0.05) is 26.3 Å². The molecule has 0 aromatic heterocycles. The second kappa shape index (κ2) is 7.08. The summed E-state index contributed by atoms with van der Waals surface area (Å²) in [6.07, 6.45) is 6.69. The lowest BCUT2D eigenvalue weighted by Gasteiger charge is -2.44. The fourth-order valence-corrected chi connectivity index (χ4v) is 3.35. The Balaban J connectivity index is 2.58. The van der Waals surface area contributed by atoms with Gasteiger partial charge in [0.2, 0.25) is 0 Å². The van der Waals surface area contributed by atoms with Gasteiger partial charge in [-0.15, -0.1) is 0 Å². The van der Waals surface area contributed by atoms with E-state index in [1.165, 1.54) is 32.1 Å². The molecule has 19 heavy (non-hydrogen) atoms. The standard InChI is InChI=1S/C17H35NO/c1-14(2)18-13-17(11-12-19-6)9-7-15(8-10-17)16(3,4)5/h14-15,18H,7-13H2,1-6H3. The summed E-state index contributed by atoms with van der Waals surface area (Å²) in [5.74, 6) is 0.891. The van der Waals surface area contributed by atoms with Crippen molar-refractivity contribution in [2.75, 3.05) is 20.3 Å². The number of methoxy groups -OCH3 is 1. The molecule has 1 saturated carbocycles. The Labute approximate surface area is 120 Å². The lowest BCUT2D eigenvalue weighted by atomic mass is 9.63. The minimum absolute atomic E-state index is 0.471. The van der Waals surface area contributed by atoms with Gasteiger partial charge < -0.3 is 10.1 Å². The van der Waals surface area contributed by atoms with Gasteiger partial charge in [0.15, 0.2) is 0 Å². The molecular formula is C17H35NO. The van der Waals surface area contributed by atoms with E-state index >= 15 is 0 Å². The zero-order valence-electron chi connectivity index (χ0n) is 14.0. The highest BCUT2D eigenvalue weighted by atomic mass is 16.5. The first kappa shape index (κ1) is 17.0. The molecule has 2 nitrogen and oxygen atoms in total. The Morgan fingerprint density at radius 2 is 1.79 bits per heavy atom. The van der Waals surface area contributed by atoms with E-state index in [9.17, 15) is 0 Å². The Bertz CT molecular complexity index is 246. The summed E-state index contributed by atoms with van der Waals surface area (Å²) in [7, 11) is 1.82. The predicted molar refractivity (Wildman–Crippen MR) is 83.5 cm³/mol. The molecule has 0 aromatic carbocycles. The quantitative estimate of drug-likeness (QED) is 0.778. The summed E-state index contributed by atoms with van der Waals surface area (Å²) < 4.78 is 5.34. The minimum atomic E-state index is 0.471. The van der Waals surface area contributed by atoms with E-state index in [1.807, 2.05) is 7.11 Å². The van der Waals surface area contributed by atoms with Crippen LogP contribution in [0.4, 0.5) is 0 Å². The van der Waals surface area contributed by atoms with Crippen LogP contribution in [0.2, 0.25) is 0 Å². The minimum Gasteiger partial charge on any atom is -0.385 e. The highest BCUT2D eigenvalue weighted by Crippen LogP contribution is 2.46. The number of rotatable bonds is 6. The van der Waals surface area contributed by atoms with Crippen LogP contribution in [0.5, 0.6) is 0 Å². The summed E-state index contributed by atoms with van der Waals surface area (Å²) in [4.78, 5) is 0. The third kappa shape index (κ3) is 5.43. The Kier molecular flexibility index (Phi) is 6.32. The molecule has 1 aliphatic carbocycles. The lowest BCUT2D eigenvalue weighted by Crippen LogP contribution is -2.42. The first-order chi connectivity index (χ1) is 8.79. The van der Waals surface area contributed by atoms with Crippen LogP contribution in [-0.2, 0) is 4.74 Å². The van der Waals surface area contributed by atoms with Crippen LogP contribution in [-0.4, -0.2) is 26.3 Å². The number of hydrogen-bond acceptors (Lipinski definition) is 2. The summed E-state index contributed by atoms with van der Waals surface area (Å²) >= 11 is 0. The second-order valence-corrected chi connectivity index (χ2v) is 7.92. The number of nitrogens with one attached hydrogen (secondary N) is 1. The van der Waals surface area contributed by atoms with Crippen LogP contribution in [0.1, 0.15) is 66.7 Å². The van der Waals surface area contributed by atoms with Crippen molar-refractivity contribution in [1.82, 2.24) is 5.32 Å². The Morgan fingerprint density at radius 1 is 1.21 bits per heavy atom. The van der Waals surface area contributed by atoms with Crippen LogP contribution in [0.3, 0.4) is 0 Å². The van der Waals surface area contributed by atoms with Gasteiger partial charge in [0.1, 0.15) is 0 Å². The maximum Gasteiger partial charge on any atom is 0.0468 e. The molecule has 1 N–H and O–H groups in total. The van der Waals surface area contributed by atoms with Crippen LogP contribution in [0.25, 0.3) is 0 Å². The van der Waals surface area contributed by atoms with Gasteiger partial charge in [0.05, 0.1) is 0 Å². The van der Waals surface area contributed by atoms with Crippen LogP contribution < -0.4 is 5.32 Å². The van der Waals surface area contributed by atoms with E-state index in [1.54, 1.807) is 0 Å². The molecule has 0 spiro atoms. The largest absolute Gasteiger partial charge is 0.385 e. The molecule has 0 heterocycles. The molecule has 1 fully saturated rings. The third-order valence-corrected chi connectivity index (χ3v) is 4.99. The molecule has 0 radical (unpaired) electrons. The molecule has 0 bridgehead atoms. The summed E-state index contributed by atoms with van der Waals surface area (Å²) in [6.45, 7) is 13.7. The van der Waals surface area contributed by atoms with Gasteiger partial charge in [-0.2, -0.15) is 0 Å². The van der Waals surface area contributed by atoms with Crippen molar-refractivity contribution in [3.8, 4) is 0 Å². The van der Waals surface area contributed by atoms with E-state index < -0.39 is 0 Å². The van der Waals surface area contributed by atoms with E-state index in [4.69, 9.17) is 4.74 Å². The molecule has 0 aliphatic heterocycles. The molecule has 0 saturated heterocycles. The van der Waals surface area contributed by atoms with Crippen molar-refractivity contribution in [3.63, 3.8) is 0 Å². The maximum atomic E-state index is 5.34. The highest BCUT2D eigenvalue weighted by molar-refractivity contribution is 4.90. The molecule has 1 rings (SSSR count). The van der Waals surface area contributed by atoms with Gasteiger partial charge in [0.25, 0.3) is 0 Å². The fraction of sp³-hybridized carbons (Fsp3) is 1.00. The van der Waals surface area contributed by atoms with Crippen LogP contribution >= 0.6 is 0 Å². The van der Waals surface area contributed by atoms with Crippen LogP contribution in [0.15, 0.2) is 0 Å². The van der Waals surface area contributed by atoms with Crippen molar-refractivity contribution in [3.05, 3.63) is 0 Å². The predicted octanol–water partition coefficient (Wildman–Crippen LogP) is 4.24. The van der Waals surface area contributed by atoms with Crippen LogP contribution in [0, 0.1) is 16.7 Å². The van der Waals surface area contributed by atoms with Gasteiger partial charge in [-0.3, -0.25) is 0 Å². The SMILES string of the molecule is COCCC1(CNC(C)C)CCC(C(C)(C)C)CC1. The molecule has 0 unspecified atom stereocenters.